The molecule has 1 aromatic carbocycles. The molecule has 2 aromatic heterocycles. The summed E-state index contributed by atoms with van der Waals surface area (Å²) in [6.45, 7) is 1.80. The van der Waals surface area contributed by atoms with Gasteiger partial charge in [0.1, 0.15) is 24.1 Å². The highest BCUT2D eigenvalue weighted by Gasteiger charge is 2.45. The second-order valence-electron chi connectivity index (χ2n) is 7.14. The first-order valence-corrected chi connectivity index (χ1v) is 10.7. The van der Waals surface area contributed by atoms with Crippen LogP contribution in [0.25, 0.3) is 11.2 Å². The number of fused-ring (bicyclic) bond motifs is 1. The van der Waals surface area contributed by atoms with E-state index in [-0.39, 0.29) is 23.1 Å². The molecule has 1 aliphatic heterocycles. The molecule has 0 bridgehead atoms. The summed E-state index contributed by atoms with van der Waals surface area (Å²) in [4.78, 5) is 23.0. The van der Waals surface area contributed by atoms with Crippen molar-refractivity contribution in [3.05, 3.63) is 38.6 Å². The average Bonchev–Trinajstić information content (AvgIpc) is 3.27. The Balaban J connectivity index is 1.75. The van der Waals surface area contributed by atoms with Crippen molar-refractivity contribution in [2.45, 2.75) is 31.5 Å². The van der Waals surface area contributed by atoms with Crippen LogP contribution in [-0.4, -0.2) is 72.6 Å². The molecule has 1 aliphatic rings. The molecule has 14 heteroatoms. The van der Waals surface area contributed by atoms with Gasteiger partial charge in [-0.3, -0.25) is 14.3 Å². The third kappa shape index (κ3) is 4.43. The van der Waals surface area contributed by atoms with E-state index in [0.717, 1.165) is 4.47 Å². The number of nitrogen functional groups attached to an aromatic ring is 1. The van der Waals surface area contributed by atoms with E-state index in [1.807, 2.05) is 13.0 Å². The number of rotatable bonds is 7. The van der Waals surface area contributed by atoms with Gasteiger partial charge in [0, 0.05) is 10.0 Å². The zero-order chi connectivity index (χ0) is 23.7. The lowest BCUT2D eigenvalue weighted by atomic mass is 10.1. The van der Waals surface area contributed by atoms with Crippen LogP contribution in [0.2, 0.25) is 0 Å². The molecule has 4 atom stereocenters. The van der Waals surface area contributed by atoms with E-state index in [2.05, 4.69) is 41.4 Å². The maximum atomic E-state index is 12.4. The number of nitrogens with two attached hydrogens (primary N) is 1. The number of halogens is 1. The molecule has 1 saturated heterocycles. The Kier molecular flexibility index (Phi) is 6.62. The Morgan fingerprint density at radius 2 is 2.18 bits per heavy atom. The number of hydrazone groups is 1. The number of aliphatic hydroxyl groups is 3. The van der Waals surface area contributed by atoms with E-state index >= 15 is 0 Å². The number of ether oxygens (including phenoxy) is 2. The predicted molar refractivity (Wildman–Crippen MR) is 122 cm³/mol. The van der Waals surface area contributed by atoms with E-state index < -0.39 is 36.7 Å². The zero-order valence-corrected chi connectivity index (χ0v) is 18.9. The van der Waals surface area contributed by atoms with Crippen LogP contribution in [0.15, 0.2) is 32.6 Å². The van der Waals surface area contributed by atoms with Gasteiger partial charge in [-0.05, 0) is 25.1 Å². The summed E-state index contributed by atoms with van der Waals surface area (Å²) < 4.78 is 13.3. The van der Waals surface area contributed by atoms with Crippen molar-refractivity contribution in [1.82, 2.24) is 19.5 Å². The van der Waals surface area contributed by atoms with E-state index in [1.165, 1.54) is 10.8 Å². The quantitative estimate of drug-likeness (QED) is 0.180. The normalized spacial score (nSPS) is 22.9. The first-order valence-electron chi connectivity index (χ1n) is 9.95. The smallest absolute Gasteiger partial charge is 0.280 e. The molecule has 0 saturated carbocycles. The van der Waals surface area contributed by atoms with Crippen molar-refractivity contribution in [2.75, 3.05) is 24.4 Å². The van der Waals surface area contributed by atoms with Crippen molar-refractivity contribution >= 4 is 45.2 Å². The Morgan fingerprint density at radius 3 is 2.88 bits per heavy atom. The Bertz CT molecular complexity index is 1250. The predicted octanol–water partition coefficient (Wildman–Crippen LogP) is -0.0795. The van der Waals surface area contributed by atoms with Crippen LogP contribution in [0.1, 0.15) is 18.7 Å². The second kappa shape index (κ2) is 9.44. The number of nitrogens with one attached hydrogen (secondary N) is 2. The Morgan fingerprint density at radius 1 is 1.39 bits per heavy atom. The van der Waals surface area contributed by atoms with Crippen LogP contribution in [0, 0.1) is 0 Å². The largest absolute Gasteiger partial charge is 0.493 e. The molecule has 0 radical (unpaired) electrons. The van der Waals surface area contributed by atoms with Gasteiger partial charge in [0.25, 0.3) is 5.56 Å². The Hall–Kier alpha value is -3.04. The molecule has 1 fully saturated rings. The zero-order valence-electron chi connectivity index (χ0n) is 17.3. The van der Waals surface area contributed by atoms with Gasteiger partial charge in [-0.2, -0.15) is 10.1 Å². The number of benzene rings is 1. The number of H-pyrrole nitrogens is 1. The number of aromatic nitrogens is 4. The van der Waals surface area contributed by atoms with Gasteiger partial charge in [0.15, 0.2) is 17.4 Å². The van der Waals surface area contributed by atoms with Crippen LogP contribution in [0.4, 0.5) is 11.9 Å². The molecule has 0 unspecified atom stereocenters. The van der Waals surface area contributed by atoms with Gasteiger partial charge in [0.2, 0.25) is 11.9 Å². The number of imidazole rings is 1. The number of aliphatic hydroxyl groups excluding tert-OH is 3. The average molecular weight is 524 g/mol. The third-order valence-electron chi connectivity index (χ3n) is 4.98. The lowest BCUT2D eigenvalue weighted by Gasteiger charge is -2.18. The SMILES string of the molecule is CCOc1ccc(Br)cc1/C=N\Nc1nc2c(=O)[nH]c(N)nc2n1[C@@H]1O[C@H](CO)[C@@H](O)[C@@H]1O. The van der Waals surface area contributed by atoms with Crippen LogP contribution < -0.4 is 21.5 Å². The van der Waals surface area contributed by atoms with E-state index in [9.17, 15) is 20.1 Å². The first-order chi connectivity index (χ1) is 15.8. The molecule has 176 valence electrons. The lowest BCUT2D eigenvalue weighted by Crippen LogP contribution is -2.33. The van der Waals surface area contributed by atoms with Crippen LogP contribution in [0.5, 0.6) is 5.75 Å². The van der Waals surface area contributed by atoms with Gasteiger partial charge in [-0.25, -0.2) is 10.4 Å². The number of anilines is 2. The molecule has 7 N–H and O–H groups in total. The minimum atomic E-state index is -1.44. The van der Waals surface area contributed by atoms with E-state index in [0.29, 0.717) is 17.9 Å². The van der Waals surface area contributed by atoms with Gasteiger partial charge >= 0.3 is 0 Å². The molecule has 0 spiro atoms. The van der Waals surface area contributed by atoms with Crippen molar-refractivity contribution in [2.24, 2.45) is 5.10 Å². The summed E-state index contributed by atoms with van der Waals surface area (Å²) in [6, 6.07) is 5.42. The Labute approximate surface area is 195 Å². The fourth-order valence-corrected chi connectivity index (χ4v) is 3.86. The van der Waals surface area contributed by atoms with Crippen LogP contribution in [0.3, 0.4) is 0 Å². The molecule has 13 nitrogen and oxygen atoms in total. The molecule has 3 heterocycles. The van der Waals surface area contributed by atoms with Crippen LogP contribution in [-0.2, 0) is 4.74 Å². The summed E-state index contributed by atoms with van der Waals surface area (Å²) in [5, 5.41) is 34.3. The number of hydrogen-bond donors (Lipinski definition) is 6. The maximum absolute atomic E-state index is 12.4. The fourth-order valence-electron chi connectivity index (χ4n) is 3.48. The molecular formula is C19H22BrN7O6. The standard InChI is InChI=1S/C19H22BrN7O6/c1-2-32-10-4-3-9(20)5-8(10)6-22-26-19-23-12-15(24-18(21)25-16(12)31)27(19)17-14(30)13(29)11(7-28)33-17/h3-6,11,13-14,17,28-30H,2,7H2,1H3,(H,23,26)(H3,21,24,25,31)/b22-6-/t11-,13-,14+,17-/m1/s1. The summed E-state index contributed by atoms with van der Waals surface area (Å²) in [6.07, 6.45) is -3.60. The monoisotopic (exact) mass is 523 g/mol. The molecule has 33 heavy (non-hydrogen) atoms. The topological polar surface area (TPSA) is 193 Å². The first kappa shape index (κ1) is 23.1. The highest BCUT2D eigenvalue weighted by Crippen LogP contribution is 2.34. The minimum absolute atomic E-state index is 0.00116. The molecule has 0 amide bonds. The highest BCUT2D eigenvalue weighted by atomic mass is 79.9. The molecule has 3 aromatic rings. The lowest BCUT2D eigenvalue weighted by molar-refractivity contribution is -0.0501. The van der Waals surface area contributed by atoms with E-state index in [4.69, 9.17) is 15.2 Å². The fraction of sp³-hybridized carbons (Fsp3) is 0.368. The summed E-state index contributed by atoms with van der Waals surface area (Å²) >= 11 is 3.40. The van der Waals surface area contributed by atoms with Crippen LogP contribution >= 0.6 is 15.9 Å². The number of nitrogens with zero attached hydrogens (tertiary/aromatic N) is 4. The molecular weight excluding hydrogens is 502 g/mol. The summed E-state index contributed by atoms with van der Waals surface area (Å²) in [5.74, 6) is 0.424. The van der Waals surface area contributed by atoms with E-state index in [1.54, 1.807) is 12.1 Å². The highest BCUT2D eigenvalue weighted by molar-refractivity contribution is 9.10. The number of aromatic amines is 1. The maximum Gasteiger partial charge on any atom is 0.280 e. The summed E-state index contributed by atoms with van der Waals surface area (Å²) in [5.41, 5.74) is 8.36. The third-order valence-corrected chi connectivity index (χ3v) is 5.47. The van der Waals surface area contributed by atoms with Crippen molar-refractivity contribution in [3.8, 4) is 5.75 Å². The summed E-state index contributed by atoms with van der Waals surface area (Å²) in [7, 11) is 0. The van der Waals surface area contributed by atoms with Gasteiger partial charge in [-0.15, -0.1) is 0 Å². The van der Waals surface area contributed by atoms with Crippen molar-refractivity contribution < 1.29 is 24.8 Å². The second-order valence-corrected chi connectivity index (χ2v) is 8.06. The van der Waals surface area contributed by atoms with Gasteiger partial charge in [0.05, 0.1) is 19.4 Å². The minimum Gasteiger partial charge on any atom is -0.493 e. The number of hydrogen-bond acceptors (Lipinski definition) is 11. The molecule has 0 aliphatic carbocycles. The van der Waals surface area contributed by atoms with Gasteiger partial charge in [-0.1, -0.05) is 15.9 Å². The van der Waals surface area contributed by atoms with Crippen molar-refractivity contribution in [3.63, 3.8) is 0 Å². The van der Waals surface area contributed by atoms with Crippen molar-refractivity contribution in [1.29, 1.82) is 0 Å². The molecule has 4 rings (SSSR count). The van der Waals surface area contributed by atoms with Gasteiger partial charge < -0.3 is 30.5 Å².